The molecule has 0 atom stereocenters. The average molecular weight is 260 g/mol. The number of nitrogens with one attached hydrogen (secondary N) is 1. The first kappa shape index (κ1) is 13.5. The molecule has 0 saturated heterocycles. The Kier molecular flexibility index (Phi) is 4.92. The zero-order valence-electron chi connectivity index (χ0n) is 9.36. The van der Waals surface area contributed by atoms with Gasteiger partial charge in [0, 0.05) is 6.54 Å². The van der Waals surface area contributed by atoms with Crippen molar-refractivity contribution in [1.82, 2.24) is 9.97 Å². The Labute approximate surface area is 104 Å². The molecule has 1 aromatic heterocycles. The standard InChI is InChI=1S/C9H14ClN5O2/c1-5-7(12)8(15-9(10)14-5)13-2-3-17-4-6(11)16/h2-4,12H2,1H3,(H2,11,16)(H,13,14,15). The Bertz CT molecular complexity index is 413. The molecule has 5 N–H and O–H groups in total. The number of rotatable bonds is 6. The molecule has 1 amide bonds. The number of halogens is 1. The van der Waals surface area contributed by atoms with E-state index in [-0.39, 0.29) is 11.9 Å². The Hall–Kier alpha value is -1.60. The minimum atomic E-state index is -0.509. The van der Waals surface area contributed by atoms with E-state index in [0.29, 0.717) is 30.4 Å². The molecule has 17 heavy (non-hydrogen) atoms. The van der Waals surface area contributed by atoms with Gasteiger partial charge >= 0.3 is 0 Å². The zero-order valence-corrected chi connectivity index (χ0v) is 10.1. The summed E-state index contributed by atoms with van der Waals surface area (Å²) in [6, 6.07) is 0. The van der Waals surface area contributed by atoms with Crippen LogP contribution in [-0.2, 0) is 9.53 Å². The van der Waals surface area contributed by atoms with Crippen molar-refractivity contribution >= 4 is 29.0 Å². The van der Waals surface area contributed by atoms with Crippen molar-refractivity contribution in [2.24, 2.45) is 5.73 Å². The highest BCUT2D eigenvalue weighted by Gasteiger charge is 2.06. The first-order valence-corrected chi connectivity index (χ1v) is 5.28. The highest BCUT2D eigenvalue weighted by molar-refractivity contribution is 6.28. The van der Waals surface area contributed by atoms with Crippen LogP contribution < -0.4 is 16.8 Å². The molecule has 1 rings (SSSR count). The fourth-order valence-electron chi connectivity index (χ4n) is 1.10. The van der Waals surface area contributed by atoms with Gasteiger partial charge in [0.05, 0.1) is 18.0 Å². The third-order valence-electron chi connectivity index (χ3n) is 1.89. The van der Waals surface area contributed by atoms with E-state index in [1.807, 2.05) is 0 Å². The van der Waals surface area contributed by atoms with Gasteiger partial charge < -0.3 is 21.5 Å². The molecule has 0 aliphatic heterocycles. The lowest BCUT2D eigenvalue weighted by molar-refractivity contribution is -0.122. The number of amides is 1. The monoisotopic (exact) mass is 259 g/mol. The van der Waals surface area contributed by atoms with E-state index in [4.69, 9.17) is 27.8 Å². The molecule has 0 spiro atoms. The molecule has 0 radical (unpaired) electrons. The number of aromatic nitrogens is 2. The summed E-state index contributed by atoms with van der Waals surface area (Å²) in [6.07, 6.45) is 0. The number of aryl methyl sites for hydroxylation is 1. The summed E-state index contributed by atoms with van der Waals surface area (Å²) in [5.74, 6) is -0.0596. The van der Waals surface area contributed by atoms with Gasteiger partial charge in [-0.25, -0.2) is 4.98 Å². The minimum absolute atomic E-state index is 0.110. The maximum Gasteiger partial charge on any atom is 0.243 e. The molecule has 94 valence electrons. The summed E-state index contributed by atoms with van der Waals surface area (Å²) in [5.41, 5.74) is 11.7. The smallest absolute Gasteiger partial charge is 0.243 e. The van der Waals surface area contributed by atoms with Gasteiger partial charge in [-0.2, -0.15) is 4.98 Å². The topological polar surface area (TPSA) is 116 Å². The molecule has 0 unspecified atom stereocenters. The SMILES string of the molecule is Cc1nc(Cl)nc(NCCOCC(N)=O)c1N. The molecule has 0 aromatic carbocycles. The first-order valence-electron chi connectivity index (χ1n) is 4.90. The van der Waals surface area contributed by atoms with E-state index < -0.39 is 5.91 Å². The maximum absolute atomic E-state index is 10.4. The summed E-state index contributed by atoms with van der Waals surface area (Å²) >= 11 is 5.69. The average Bonchev–Trinajstić information content (AvgIpc) is 2.23. The summed E-state index contributed by atoms with van der Waals surface area (Å²) in [7, 11) is 0. The highest BCUT2D eigenvalue weighted by Crippen LogP contribution is 2.19. The van der Waals surface area contributed by atoms with Crippen LogP contribution >= 0.6 is 11.6 Å². The van der Waals surface area contributed by atoms with Crippen LogP contribution in [0.1, 0.15) is 5.69 Å². The highest BCUT2D eigenvalue weighted by atomic mass is 35.5. The lowest BCUT2D eigenvalue weighted by atomic mass is 10.3. The predicted octanol–water partition coefficient (Wildman–Crippen LogP) is -0.0656. The first-order chi connectivity index (χ1) is 8.00. The van der Waals surface area contributed by atoms with Crippen molar-refractivity contribution < 1.29 is 9.53 Å². The van der Waals surface area contributed by atoms with Gasteiger partial charge in [-0.15, -0.1) is 0 Å². The number of carbonyl (C=O) groups is 1. The van der Waals surface area contributed by atoms with Gasteiger partial charge in [0.1, 0.15) is 6.61 Å². The van der Waals surface area contributed by atoms with Crippen molar-refractivity contribution in [1.29, 1.82) is 0 Å². The number of primary amides is 1. The summed E-state index contributed by atoms with van der Waals surface area (Å²) in [5, 5.41) is 3.05. The Morgan fingerprint density at radius 2 is 2.24 bits per heavy atom. The molecule has 0 aliphatic rings. The molecule has 0 saturated carbocycles. The third kappa shape index (κ3) is 4.41. The lowest BCUT2D eigenvalue weighted by Gasteiger charge is -2.09. The van der Waals surface area contributed by atoms with Gasteiger partial charge in [-0.1, -0.05) is 0 Å². The summed E-state index contributed by atoms with van der Waals surface area (Å²) in [6.45, 7) is 2.37. The van der Waals surface area contributed by atoms with Crippen molar-refractivity contribution in [3.63, 3.8) is 0 Å². The maximum atomic E-state index is 10.4. The normalized spacial score (nSPS) is 10.2. The second-order valence-corrected chi connectivity index (χ2v) is 3.62. The van der Waals surface area contributed by atoms with Crippen LogP contribution in [0.2, 0.25) is 5.28 Å². The third-order valence-corrected chi connectivity index (χ3v) is 2.06. The molecule has 0 bridgehead atoms. The number of carbonyl (C=O) groups excluding carboxylic acids is 1. The van der Waals surface area contributed by atoms with Gasteiger partial charge in [0.2, 0.25) is 11.2 Å². The van der Waals surface area contributed by atoms with E-state index in [1.165, 1.54) is 0 Å². The largest absolute Gasteiger partial charge is 0.394 e. The van der Waals surface area contributed by atoms with Crippen LogP contribution in [0, 0.1) is 6.92 Å². The number of ether oxygens (including phenoxy) is 1. The predicted molar refractivity (Wildman–Crippen MR) is 64.7 cm³/mol. The molecular formula is C9H14ClN5O2. The zero-order chi connectivity index (χ0) is 12.8. The van der Waals surface area contributed by atoms with Crippen LogP contribution in [0.5, 0.6) is 0 Å². The summed E-state index contributed by atoms with van der Waals surface area (Å²) < 4.78 is 4.96. The van der Waals surface area contributed by atoms with E-state index >= 15 is 0 Å². The van der Waals surface area contributed by atoms with Gasteiger partial charge in [-0.3, -0.25) is 4.79 Å². The Balaban J connectivity index is 2.44. The number of nitrogens with two attached hydrogens (primary N) is 2. The molecular weight excluding hydrogens is 246 g/mol. The fourth-order valence-corrected chi connectivity index (χ4v) is 1.31. The molecule has 0 fully saturated rings. The Morgan fingerprint density at radius 3 is 2.88 bits per heavy atom. The van der Waals surface area contributed by atoms with E-state index in [9.17, 15) is 4.79 Å². The van der Waals surface area contributed by atoms with Gasteiger partial charge in [-0.05, 0) is 18.5 Å². The molecule has 1 heterocycles. The molecule has 7 nitrogen and oxygen atoms in total. The number of hydrogen-bond acceptors (Lipinski definition) is 6. The van der Waals surface area contributed by atoms with Crippen LogP contribution in [0.3, 0.4) is 0 Å². The van der Waals surface area contributed by atoms with Crippen molar-refractivity contribution in [3.05, 3.63) is 11.0 Å². The lowest BCUT2D eigenvalue weighted by Crippen LogP contribution is -2.21. The van der Waals surface area contributed by atoms with E-state index in [0.717, 1.165) is 0 Å². The minimum Gasteiger partial charge on any atom is -0.394 e. The number of nitrogen functional groups attached to an aromatic ring is 1. The van der Waals surface area contributed by atoms with Crippen molar-refractivity contribution in [2.45, 2.75) is 6.92 Å². The summed E-state index contributed by atoms with van der Waals surface area (Å²) in [4.78, 5) is 18.2. The van der Waals surface area contributed by atoms with Crippen molar-refractivity contribution in [2.75, 3.05) is 30.8 Å². The second-order valence-electron chi connectivity index (χ2n) is 3.29. The Morgan fingerprint density at radius 1 is 1.53 bits per heavy atom. The van der Waals surface area contributed by atoms with Crippen LogP contribution in [-0.4, -0.2) is 35.6 Å². The van der Waals surface area contributed by atoms with Gasteiger partial charge in [0.25, 0.3) is 0 Å². The number of nitrogens with zero attached hydrogens (tertiary/aromatic N) is 2. The van der Waals surface area contributed by atoms with E-state index in [2.05, 4.69) is 15.3 Å². The van der Waals surface area contributed by atoms with Crippen LogP contribution in [0.25, 0.3) is 0 Å². The number of hydrogen-bond donors (Lipinski definition) is 3. The quantitative estimate of drug-likeness (QED) is 0.487. The molecule has 0 aliphatic carbocycles. The number of anilines is 2. The van der Waals surface area contributed by atoms with Gasteiger partial charge in [0.15, 0.2) is 5.82 Å². The fraction of sp³-hybridized carbons (Fsp3) is 0.444. The second kappa shape index (κ2) is 6.21. The van der Waals surface area contributed by atoms with E-state index in [1.54, 1.807) is 6.92 Å². The van der Waals surface area contributed by atoms with Crippen molar-refractivity contribution in [3.8, 4) is 0 Å². The van der Waals surface area contributed by atoms with Crippen LogP contribution in [0.15, 0.2) is 0 Å². The van der Waals surface area contributed by atoms with Crippen LogP contribution in [0.4, 0.5) is 11.5 Å². The molecule has 1 aromatic rings. The molecule has 8 heteroatoms.